The molecule has 0 radical (unpaired) electrons. The molecule has 1 aromatic rings. The topological polar surface area (TPSA) is 136 Å². The lowest BCUT2D eigenvalue weighted by molar-refractivity contribution is -0.154. The number of carbonyl (C=O) groups is 3. The number of hydrogen-bond donors (Lipinski definition) is 2. The number of thiazole rings is 1. The summed E-state index contributed by atoms with van der Waals surface area (Å²) in [5.41, 5.74) is -0.168. The van der Waals surface area contributed by atoms with Gasteiger partial charge in [-0.15, -0.1) is 11.3 Å². The highest BCUT2D eigenvalue weighted by atomic mass is 32.1. The molecule has 1 unspecified atom stereocenters. The van der Waals surface area contributed by atoms with E-state index in [1.165, 1.54) is 18.3 Å². The Morgan fingerprint density at radius 1 is 1.23 bits per heavy atom. The first-order valence-electron chi connectivity index (χ1n) is 13.7. The van der Waals surface area contributed by atoms with Crippen LogP contribution in [-0.4, -0.2) is 62.9 Å². The summed E-state index contributed by atoms with van der Waals surface area (Å²) in [4.78, 5) is 41.9. The van der Waals surface area contributed by atoms with E-state index in [0.717, 1.165) is 24.8 Å². The normalized spacial score (nSPS) is 34.6. The predicted octanol–water partition coefficient (Wildman–Crippen LogP) is 4.23. The third-order valence-corrected chi connectivity index (χ3v) is 9.10. The maximum Gasteiger partial charge on any atom is 0.309 e. The summed E-state index contributed by atoms with van der Waals surface area (Å²) >= 11 is 1.37. The molecule has 2 aliphatic heterocycles. The van der Waals surface area contributed by atoms with Gasteiger partial charge in [0.25, 0.3) is 0 Å². The van der Waals surface area contributed by atoms with Crippen LogP contribution in [0.25, 0.3) is 6.08 Å². The SMILES string of the molecule is CC(=O)OCc1nc(/C=C(\C)[C@@H]2CC3O[C@]3(C)CCC[C@H](C)[C@H](O)[C@@H](C)C(=O)C(C)(C)[C@@H](O)CC(=O)O2)cs1. The number of esters is 2. The minimum atomic E-state index is -1.27. The number of rotatable bonds is 4. The molecule has 2 saturated heterocycles. The van der Waals surface area contributed by atoms with E-state index in [0.29, 0.717) is 17.1 Å². The van der Waals surface area contributed by atoms with E-state index in [1.54, 1.807) is 20.8 Å². The van der Waals surface area contributed by atoms with Crippen molar-refractivity contribution in [3.05, 3.63) is 21.7 Å². The van der Waals surface area contributed by atoms with Crippen LogP contribution in [0.1, 0.15) is 91.3 Å². The first-order chi connectivity index (χ1) is 18.1. The molecule has 3 heterocycles. The van der Waals surface area contributed by atoms with Crippen molar-refractivity contribution in [1.29, 1.82) is 0 Å². The number of aliphatic hydroxyl groups is 2. The third kappa shape index (κ3) is 7.96. The highest BCUT2D eigenvalue weighted by Crippen LogP contribution is 2.45. The van der Waals surface area contributed by atoms with E-state index >= 15 is 0 Å². The van der Waals surface area contributed by atoms with Crippen LogP contribution in [0.4, 0.5) is 0 Å². The van der Waals surface area contributed by atoms with Gasteiger partial charge in [0.05, 0.1) is 41.4 Å². The highest BCUT2D eigenvalue weighted by Gasteiger charge is 2.53. The Kier molecular flexibility index (Phi) is 10.1. The van der Waals surface area contributed by atoms with Crippen molar-refractivity contribution in [1.82, 2.24) is 4.98 Å². The van der Waals surface area contributed by atoms with Gasteiger partial charge in [0, 0.05) is 24.6 Å². The Morgan fingerprint density at radius 3 is 2.59 bits per heavy atom. The van der Waals surface area contributed by atoms with Gasteiger partial charge in [-0.25, -0.2) is 4.98 Å². The van der Waals surface area contributed by atoms with E-state index in [1.807, 2.05) is 32.2 Å². The maximum atomic E-state index is 13.3. The highest BCUT2D eigenvalue weighted by molar-refractivity contribution is 7.09. The van der Waals surface area contributed by atoms with Crippen LogP contribution in [0.5, 0.6) is 0 Å². The molecular formula is C29H43NO8S. The van der Waals surface area contributed by atoms with Crippen LogP contribution < -0.4 is 0 Å². The van der Waals surface area contributed by atoms with E-state index in [-0.39, 0.29) is 42.4 Å². The van der Waals surface area contributed by atoms with Crippen LogP contribution in [0.15, 0.2) is 11.0 Å². The molecule has 2 N–H and O–H groups in total. The molecule has 3 rings (SSSR count). The molecule has 218 valence electrons. The first kappa shape index (κ1) is 31.4. The number of cyclic esters (lactones) is 1. The van der Waals surface area contributed by atoms with Crippen LogP contribution in [0.2, 0.25) is 0 Å². The van der Waals surface area contributed by atoms with Gasteiger partial charge in [0.1, 0.15) is 23.5 Å². The van der Waals surface area contributed by atoms with Crippen molar-refractivity contribution < 1.29 is 38.8 Å². The Labute approximate surface area is 234 Å². The second-order valence-electron chi connectivity index (χ2n) is 11.9. The van der Waals surface area contributed by atoms with Gasteiger partial charge in [0.15, 0.2) is 0 Å². The van der Waals surface area contributed by atoms with Gasteiger partial charge < -0.3 is 24.4 Å². The van der Waals surface area contributed by atoms with E-state index in [4.69, 9.17) is 14.2 Å². The van der Waals surface area contributed by atoms with Crippen molar-refractivity contribution in [3.63, 3.8) is 0 Å². The second-order valence-corrected chi connectivity index (χ2v) is 12.9. The number of ketones is 1. The summed E-state index contributed by atoms with van der Waals surface area (Å²) < 4.78 is 17.0. The molecule has 9 nitrogen and oxygen atoms in total. The fourth-order valence-electron chi connectivity index (χ4n) is 5.24. The molecule has 0 bridgehead atoms. The summed E-state index contributed by atoms with van der Waals surface area (Å²) in [7, 11) is 0. The fourth-order valence-corrected chi connectivity index (χ4v) is 5.90. The lowest BCUT2D eigenvalue weighted by atomic mass is 9.73. The standard InChI is InChI=1S/C29H43NO8S/c1-16-9-8-10-29(7)23(38-29)12-21(17(2)11-20-15-39-24(30-20)14-36-19(4)31)37-25(33)13-22(32)28(5,6)27(35)18(3)26(16)34/h11,15-16,18,21-23,26,32,34H,8-10,12-14H2,1-7H3/b17-11+/t16-,18+,21-,22-,23?,26-,29+/m0/s1. The zero-order chi connectivity index (χ0) is 29.1. The number of epoxide rings is 1. The quantitative estimate of drug-likeness (QED) is 0.406. The molecule has 7 atom stereocenters. The maximum absolute atomic E-state index is 13.3. The van der Waals surface area contributed by atoms with Crippen molar-refractivity contribution in [2.75, 3.05) is 0 Å². The number of nitrogens with zero attached hydrogens (tertiary/aromatic N) is 1. The van der Waals surface area contributed by atoms with Crippen LogP contribution >= 0.6 is 11.3 Å². The second kappa shape index (κ2) is 12.6. The molecule has 39 heavy (non-hydrogen) atoms. The molecule has 0 aliphatic carbocycles. The predicted molar refractivity (Wildman–Crippen MR) is 147 cm³/mol. The monoisotopic (exact) mass is 565 g/mol. The summed E-state index contributed by atoms with van der Waals surface area (Å²) in [5, 5.41) is 24.3. The summed E-state index contributed by atoms with van der Waals surface area (Å²) in [6.45, 7) is 12.2. The van der Waals surface area contributed by atoms with Crippen LogP contribution in [0.3, 0.4) is 0 Å². The Hall–Kier alpha value is -2.14. The molecule has 0 saturated carbocycles. The average molecular weight is 566 g/mol. The summed E-state index contributed by atoms with van der Waals surface area (Å²) in [6.07, 6.45) is 1.44. The lowest BCUT2D eigenvalue weighted by Gasteiger charge is -2.34. The smallest absolute Gasteiger partial charge is 0.309 e. The van der Waals surface area contributed by atoms with Crippen molar-refractivity contribution in [2.45, 2.75) is 117 Å². The molecule has 0 spiro atoms. The third-order valence-electron chi connectivity index (χ3n) is 8.26. The van der Waals surface area contributed by atoms with Crippen LogP contribution in [0, 0.1) is 17.3 Å². The Morgan fingerprint density at radius 2 is 1.92 bits per heavy atom. The summed E-state index contributed by atoms with van der Waals surface area (Å²) in [5.74, 6) is -2.07. The van der Waals surface area contributed by atoms with Crippen LogP contribution in [-0.2, 0) is 35.2 Å². The van der Waals surface area contributed by atoms with E-state index in [2.05, 4.69) is 4.98 Å². The van der Waals surface area contributed by atoms with E-state index < -0.39 is 35.6 Å². The number of aromatic nitrogens is 1. The minimum absolute atomic E-state index is 0.0974. The van der Waals surface area contributed by atoms with Crippen molar-refractivity contribution in [3.8, 4) is 0 Å². The van der Waals surface area contributed by atoms with Gasteiger partial charge in [-0.05, 0) is 44.3 Å². The average Bonchev–Trinajstić information content (AvgIpc) is 3.27. The fraction of sp³-hybridized carbons (Fsp3) is 0.724. The Bertz CT molecular complexity index is 1080. The lowest BCUT2D eigenvalue weighted by Crippen LogP contribution is -2.45. The number of hydrogen-bond acceptors (Lipinski definition) is 10. The number of carbonyl (C=O) groups excluding carboxylic acids is 3. The minimum Gasteiger partial charge on any atom is -0.458 e. The molecule has 1 aromatic heterocycles. The van der Waals surface area contributed by atoms with Gasteiger partial charge in [-0.2, -0.15) is 0 Å². The van der Waals surface area contributed by atoms with Gasteiger partial charge in [0.2, 0.25) is 0 Å². The Balaban J connectivity index is 1.83. The number of aliphatic hydroxyl groups excluding tert-OH is 2. The largest absolute Gasteiger partial charge is 0.458 e. The summed E-state index contributed by atoms with van der Waals surface area (Å²) in [6, 6.07) is 0. The van der Waals surface area contributed by atoms with Crippen molar-refractivity contribution in [2.24, 2.45) is 17.3 Å². The zero-order valence-corrected chi connectivity index (χ0v) is 24.9. The number of Topliss-reactive ketones (excluding diaryl/α,β-unsaturated/α-hetero) is 1. The van der Waals surface area contributed by atoms with Gasteiger partial charge in [-0.3, -0.25) is 14.4 Å². The molecule has 10 heteroatoms. The molecular weight excluding hydrogens is 522 g/mol. The first-order valence-corrected chi connectivity index (χ1v) is 14.6. The molecule has 0 aromatic carbocycles. The molecule has 2 aliphatic rings. The van der Waals surface area contributed by atoms with Gasteiger partial charge >= 0.3 is 11.9 Å². The molecule has 2 fully saturated rings. The van der Waals surface area contributed by atoms with E-state index in [9.17, 15) is 24.6 Å². The number of fused-ring (bicyclic) bond motifs is 1. The van der Waals surface area contributed by atoms with Gasteiger partial charge in [-0.1, -0.05) is 34.1 Å². The number of ether oxygens (including phenoxy) is 3. The zero-order valence-electron chi connectivity index (χ0n) is 24.1. The molecule has 0 amide bonds. The van der Waals surface area contributed by atoms with Crippen molar-refractivity contribution >= 4 is 35.1 Å².